The summed E-state index contributed by atoms with van der Waals surface area (Å²) in [6, 6.07) is 11.0. The Morgan fingerprint density at radius 3 is 2.22 bits per heavy atom. The number of H-pyrrole nitrogens is 2. The molecule has 2 aromatic carbocycles. The molecular formula is C29H20K2N6O10S2. The molecule has 0 unspecified atom stereocenters. The van der Waals surface area contributed by atoms with E-state index in [0.717, 1.165) is 21.8 Å². The van der Waals surface area contributed by atoms with Gasteiger partial charge in [0.05, 0.1) is 39.4 Å². The summed E-state index contributed by atoms with van der Waals surface area (Å²) in [5.41, 5.74) is 0.848. The fourth-order valence-corrected chi connectivity index (χ4v) is 5.90. The summed E-state index contributed by atoms with van der Waals surface area (Å²) in [6.07, 6.45) is 4.39. The Hall–Kier alpha value is -2.10. The first kappa shape index (κ1) is 39.7. The maximum Gasteiger partial charge on any atom is 1.00 e. The molecule has 0 spiro atoms. The Labute approximate surface area is 365 Å². The summed E-state index contributed by atoms with van der Waals surface area (Å²) >= 11 is 0.686. The van der Waals surface area contributed by atoms with Gasteiger partial charge in [-0.25, -0.2) is 8.42 Å². The summed E-state index contributed by atoms with van der Waals surface area (Å²) in [5.74, 6) is -0.745. The Morgan fingerprint density at radius 1 is 0.939 bits per heavy atom. The zero-order valence-corrected chi connectivity index (χ0v) is 34.0. The largest absolute Gasteiger partial charge is 1.00 e. The van der Waals surface area contributed by atoms with Crippen molar-refractivity contribution in [2.75, 3.05) is 5.01 Å². The second kappa shape index (κ2) is 16.1. The number of benzene rings is 2. The van der Waals surface area contributed by atoms with Crippen molar-refractivity contribution in [2.45, 2.75) is 23.6 Å². The molecule has 240 valence electrons. The smallest absolute Gasteiger partial charge is 0.744 e. The quantitative estimate of drug-likeness (QED) is 0.0443. The van der Waals surface area contributed by atoms with Crippen LogP contribution in [0.5, 0.6) is 5.88 Å². The summed E-state index contributed by atoms with van der Waals surface area (Å²) < 4.78 is 39.0. The zero-order chi connectivity index (χ0) is 33.6. The predicted molar refractivity (Wildman–Crippen MR) is 163 cm³/mol. The van der Waals surface area contributed by atoms with E-state index in [0.29, 0.717) is 33.8 Å². The number of nitrogens with one attached hydrogen (secondary N) is 2. The SMILES string of the molecule is Cc1c(C=C/C=c2/c(C)c3c([nH]c2=O)=NN(c2ccc(SOO[O-])cc2)C3=O)c(O)[nH]c2nn(-c3ccc(S(=O)(=O)[O-])cc3)c(=O)c1-2.[K+].[K+]. The van der Waals surface area contributed by atoms with Crippen LogP contribution in [0.4, 0.5) is 5.69 Å². The number of carbonyl (C=O) groups excluding carboxylic acids is 1. The Kier molecular flexibility index (Phi) is 13.0. The van der Waals surface area contributed by atoms with Crippen LogP contribution in [0, 0.1) is 13.8 Å². The van der Waals surface area contributed by atoms with Crippen LogP contribution >= 0.6 is 12.0 Å². The van der Waals surface area contributed by atoms with E-state index in [-0.39, 0.29) is 148 Å². The van der Waals surface area contributed by atoms with Crippen molar-refractivity contribution in [1.29, 1.82) is 0 Å². The molecule has 1 amide bonds. The third-order valence-electron chi connectivity index (χ3n) is 7.35. The number of aromatic amines is 2. The molecule has 4 heterocycles. The molecule has 0 fully saturated rings. The maximum atomic E-state index is 13.3. The van der Waals surface area contributed by atoms with Gasteiger partial charge in [0, 0.05) is 15.7 Å². The Morgan fingerprint density at radius 2 is 1.59 bits per heavy atom. The Balaban J connectivity index is 0.00000270. The van der Waals surface area contributed by atoms with Crippen LogP contribution in [0.25, 0.3) is 29.2 Å². The van der Waals surface area contributed by atoms with E-state index >= 15 is 0 Å². The fraction of sp³-hybridized carbons (Fsp3) is 0.0690. The van der Waals surface area contributed by atoms with Crippen molar-refractivity contribution in [3.63, 3.8) is 0 Å². The second-order valence-corrected chi connectivity index (χ2v) is 12.2. The predicted octanol–water partition coefficient (Wildman–Crippen LogP) is -5.49. The zero-order valence-electron chi connectivity index (χ0n) is 26.1. The first-order valence-corrected chi connectivity index (χ1v) is 15.5. The molecule has 0 saturated carbocycles. The van der Waals surface area contributed by atoms with E-state index in [1.165, 1.54) is 30.4 Å². The normalized spacial score (nSPS) is 13.0. The maximum absolute atomic E-state index is 13.3. The third kappa shape index (κ3) is 7.89. The van der Waals surface area contributed by atoms with Crippen molar-refractivity contribution in [1.82, 2.24) is 19.7 Å². The van der Waals surface area contributed by atoms with Gasteiger partial charge in [-0.2, -0.15) is 14.0 Å². The minimum Gasteiger partial charge on any atom is -0.744 e. The second-order valence-electron chi connectivity index (χ2n) is 10.1. The van der Waals surface area contributed by atoms with Gasteiger partial charge in [0.2, 0.25) is 0 Å². The standard InChI is InChI=1S/C29H22N6O10S2.2K/c1-14-20(26(36)30-24-22(14)28(38)34(32-24)16-6-10-18(11-7-16)46-45-44-40)4-3-5-21-15(2)23-25(31-27(21)37)33-35(29(23)39)17-8-12-19(13-9-17)47(41,42)43;;/h3-13,40H,1-2H3,(H,30,32,36)(H2,31,33,37)(H,41,42,43);;/q;2*+1/p-2/b5-3?,20-4-;;. The van der Waals surface area contributed by atoms with Crippen LogP contribution in [0.1, 0.15) is 27.0 Å². The summed E-state index contributed by atoms with van der Waals surface area (Å²) in [7, 11) is -4.68. The molecule has 49 heavy (non-hydrogen) atoms. The number of amides is 1. The van der Waals surface area contributed by atoms with E-state index in [9.17, 15) is 37.7 Å². The monoisotopic (exact) mass is 754 g/mol. The fourth-order valence-electron chi connectivity index (χ4n) is 5.07. The van der Waals surface area contributed by atoms with Gasteiger partial charge in [-0.1, -0.05) is 6.08 Å². The van der Waals surface area contributed by atoms with Gasteiger partial charge < -0.3 is 24.9 Å². The number of anilines is 1. The van der Waals surface area contributed by atoms with Gasteiger partial charge in [-0.15, -0.1) is 10.2 Å². The van der Waals surface area contributed by atoms with E-state index in [4.69, 9.17) is 0 Å². The van der Waals surface area contributed by atoms with Crippen LogP contribution in [0.15, 0.2) is 79.1 Å². The van der Waals surface area contributed by atoms with Gasteiger partial charge in [-0.05, 0) is 85.7 Å². The number of aromatic nitrogens is 4. The molecule has 0 bridgehead atoms. The van der Waals surface area contributed by atoms with Gasteiger partial charge in [0.15, 0.2) is 17.2 Å². The van der Waals surface area contributed by atoms with Crippen molar-refractivity contribution < 1.29 is 140 Å². The molecule has 1 aromatic heterocycles. The molecular weight excluding hydrogens is 735 g/mol. The van der Waals surface area contributed by atoms with Crippen LogP contribution < -0.4 is 135 Å². The number of allylic oxidation sites excluding steroid dienone is 1. The van der Waals surface area contributed by atoms with Crippen LogP contribution in [-0.4, -0.2) is 43.7 Å². The molecule has 0 saturated heterocycles. The van der Waals surface area contributed by atoms with Crippen LogP contribution in [-0.2, 0) is 19.5 Å². The van der Waals surface area contributed by atoms with Crippen LogP contribution in [0.2, 0.25) is 0 Å². The number of aromatic hydroxyl groups is 1. The number of hydrogen-bond acceptors (Lipinski definition) is 13. The molecule has 3 N–H and O–H groups in total. The number of rotatable bonds is 8. The van der Waals surface area contributed by atoms with Crippen molar-refractivity contribution >= 4 is 45.9 Å². The first-order valence-electron chi connectivity index (χ1n) is 13.4. The van der Waals surface area contributed by atoms with Gasteiger partial charge in [0.25, 0.3) is 17.0 Å². The molecule has 3 aliphatic heterocycles. The number of pyridine rings is 2. The van der Waals surface area contributed by atoms with Crippen molar-refractivity contribution in [3.8, 4) is 23.0 Å². The number of carbonyl (C=O) groups is 1. The molecule has 3 aliphatic rings. The van der Waals surface area contributed by atoms with Gasteiger partial charge in [0.1, 0.15) is 10.1 Å². The van der Waals surface area contributed by atoms with Crippen LogP contribution in [0.3, 0.4) is 0 Å². The van der Waals surface area contributed by atoms with E-state index in [2.05, 4.69) is 29.5 Å². The molecule has 0 radical (unpaired) electrons. The molecule has 0 atom stereocenters. The average molecular weight is 755 g/mol. The Bertz CT molecular complexity index is 2430. The van der Waals surface area contributed by atoms with Gasteiger partial charge >= 0.3 is 103 Å². The molecule has 0 aliphatic carbocycles. The molecule has 16 nitrogen and oxygen atoms in total. The molecule has 20 heteroatoms. The van der Waals surface area contributed by atoms with Crippen molar-refractivity contribution in [3.05, 3.63) is 108 Å². The van der Waals surface area contributed by atoms with E-state index < -0.39 is 32.0 Å². The average Bonchev–Trinajstić information content (AvgIpc) is 3.54. The van der Waals surface area contributed by atoms with Gasteiger partial charge in [-0.3, -0.25) is 19.4 Å². The third-order valence-corrected chi connectivity index (χ3v) is 8.79. The van der Waals surface area contributed by atoms with E-state index in [1.807, 2.05) is 0 Å². The summed E-state index contributed by atoms with van der Waals surface area (Å²) in [4.78, 5) is 44.9. The van der Waals surface area contributed by atoms with E-state index in [1.54, 1.807) is 38.1 Å². The molecule has 3 aromatic rings. The number of hydrogen-bond donors (Lipinski definition) is 3. The molecule has 6 rings (SSSR count). The van der Waals surface area contributed by atoms with Crippen molar-refractivity contribution in [2.24, 2.45) is 5.10 Å². The minimum atomic E-state index is -4.68. The topological polar surface area (TPSA) is 235 Å². The number of nitrogens with zero attached hydrogens (tertiary/aromatic N) is 4. The summed E-state index contributed by atoms with van der Waals surface area (Å²) in [6.45, 7) is 3.19. The number of fused-ring (bicyclic) bond motifs is 2. The minimum absolute atomic E-state index is 0. The first-order chi connectivity index (χ1) is 22.4. The summed E-state index contributed by atoms with van der Waals surface area (Å²) in [5, 5.41) is 33.8.